The van der Waals surface area contributed by atoms with Crippen molar-refractivity contribution in [2.24, 2.45) is 0 Å². The van der Waals surface area contributed by atoms with E-state index in [1.54, 1.807) is 20.7 Å². The standard InChI is InChI=1S/C50H36S2Si2/c1-53(2)43-27-29(31-17-11-21-41-45(31)35-15-7-9-19-39(35)51-41)23-25-37(43)47-33-13-5-6-14-34(33)48-38-26-24-30(28-44(38)54(3,4)50(48)49(47)53)32-18-12-22-42-46(32)36-16-8-10-20-40(36)52-42/h5-28H,1-4H3. The molecule has 0 N–H and O–H groups in total. The number of fused-ring (bicyclic) bond motifs is 16. The first-order valence-electron chi connectivity index (χ1n) is 19.0. The maximum atomic E-state index is 2.64. The Balaban J connectivity index is 1.08. The molecule has 8 aromatic carbocycles. The molecule has 10 aromatic rings. The lowest BCUT2D eigenvalue weighted by molar-refractivity contribution is 1.68. The third-order valence-corrected chi connectivity index (χ3v) is 22.4. The lowest BCUT2D eigenvalue weighted by atomic mass is 9.90. The second kappa shape index (κ2) is 10.8. The van der Waals surface area contributed by atoms with Crippen LogP contribution in [0.5, 0.6) is 0 Å². The van der Waals surface area contributed by atoms with Gasteiger partial charge < -0.3 is 0 Å². The number of thiophene rings is 2. The molecule has 54 heavy (non-hydrogen) atoms. The fourth-order valence-corrected chi connectivity index (χ4v) is 21.2. The molecule has 4 heteroatoms. The van der Waals surface area contributed by atoms with Crippen LogP contribution in [-0.2, 0) is 0 Å². The van der Waals surface area contributed by atoms with E-state index in [-0.39, 0.29) is 0 Å². The van der Waals surface area contributed by atoms with E-state index >= 15 is 0 Å². The summed E-state index contributed by atoms with van der Waals surface area (Å²) in [4.78, 5) is 0. The Morgan fingerprint density at radius 1 is 0.352 bits per heavy atom. The van der Waals surface area contributed by atoms with Crippen molar-refractivity contribution in [1.82, 2.24) is 0 Å². The Morgan fingerprint density at radius 2 is 0.741 bits per heavy atom. The Labute approximate surface area is 325 Å². The van der Waals surface area contributed by atoms with Gasteiger partial charge in [-0.15, -0.1) is 22.7 Å². The zero-order chi connectivity index (χ0) is 36.1. The molecule has 256 valence electrons. The maximum Gasteiger partial charge on any atom is 0.113 e. The quantitative estimate of drug-likeness (QED) is 0.154. The molecule has 0 fully saturated rings. The Bertz CT molecular complexity index is 3060. The molecule has 0 bridgehead atoms. The van der Waals surface area contributed by atoms with Crippen molar-refractivity contribution in [3.63, 3.8) is 0 Å². The average Bonchev–Trinajstić information content (AvgIpc) is 3.90. The number of benzene rings is 8. The first-order chi connectivity index (χ1) is 26.3. The Morgan fingerprint density at radius 3 is 1.19 bits per heavy atom. The Hall–Kier alpha value is -5.11. The van der Waals surface area contributed by atoms with Crippen LogP contribution < -0.4 is 20.7 Å². The maximum absolute atomic E-state index is 2.64. The summed E-state index contributed by atoms with van der Waals surface area (Å²) in [6, 6.07) is 55.9. The summed E-state index contributed by atoms with van der Waals surface area (Å²) in [5, 5.41) is 14.9. The van der Waals surface area contributed by atoms with Crippen molar-refractivity contribution in [2.45, 2.75) is 26.2 Å². The van der Waals surface area contributed by atoms with Crippen LogP contribution in [0.3, 0.4) is 0 Å². The minimum Gasteiger partial charge on any atom is -0.135 e. The van der Waals surface area contributed by atoms with Crippen molar-refractivity contribution in [1.29, 1.82) is 0 Å². The number of hydrogen-bond acceptors (Lipinski definition) is 2. The van der Waals surface area contributed by atoms with Crippen LogP contribution in [0.1, 0.15) is 0 Å². The molecule has 0 spiro atoms. The van der Waals surface area contributed by atoms with E-state index in [0.717, 1.165) is 0 Å². The lowest BCUT2D eigenvalue weighted by Gasteiger charge is -2.29. The first-order valence-corrected chi connectivity index (χ1v) is 26.6. The van der Waals surface area contributed by atoms with Crippen LogP contribution >= 0.6 is 22.7 Å². The van der Waals surface area contributed by atoms with Crippen LogP contribution in [-0.4, -0.2) is 16.1 Å². The highest BCUT2D eigenvalue weighted by molar-refractivity contribution is 7.26. The van der Waals surface area contributed by atoms with Gasteiger partial charge in [-0.1, -0.05) is 148 Å². The topological polar surface area (TPSA) is 0 Å². The molecule has 0 nitrogen and oxygen atoms in total. The second-order valence-corrected chi connectivity index (χ2v) is 27.1. The predicted molar refractivity (Wildman–Crippen MR) is 245 cm³/mol. The van der Waals surface area contributed by atoms with Gasteiger partial charge >= 0.3 is 0 Å². The van der Waals surface area contributed by atoms with Crippen molar-refractivity contribution >= 4 is 111 Å². The van der Waals surface area contributed by atoms with E-state index in [9.17, 15) is 0 Å². The van der Waals surface area contributed by atoms with Gasteiger partial charge in [0.1, 0.15) is 16.1 Å². The molecule has 0 radical (unpaired) electrons. The van der Waals surface area contributed by atoms with Gasteiger partial charge in [0.25, 0.3) is 0 Å². The van der Waals surface area contributed by atoms with Gasteiger partial charge in [-0.3, -0.25) is 0 Å². The van der Waals surface area contributed by atoms with E-state index < -0.39 is 16.1 Å². The first kappa shape index (κ1) is 31.3. The normalized spacial score (nSPS) is 15.0. The molecule has 2 aliphatic heterocycles. The van der Waals surface area contributed by atoms with E-state index in [4.69, 9.17) is 0 Å². The fraction of sp³-hybridized carbons (Fsp3) is 0.0800. The highest BCUT2D eigenvalue weighted by atomic mass is 32.1. The van der Waals surface area contributed by atoms with Gasteiger partial charge in [-0.05, 0) is 100 Å². The predicted octanol–water partition coefficient (Wildman–Crippen LogP) is 12.5. The third-order valence-electron chi connectivity index (χ3n) is 12.8. The molecule has 12 rings (SSSR count). The summed E-state index contributed by atoms with van der Waals surface area (Å²) in [5.41, 5.74) is 11.4. The molecule has 0 saturated heterocycles. The minimum atomic E-state index is -2.15. The molecule has 0 aliphatic carbocycles. The summed E-state index contributed by atoms with van der Waals surface area (Å²) in [6.07, 6.45) is 0. The molecule has 0 atom stereocenters. The number of rotatable bonds is 2. The summed E-state index contributed by atoms with van der Waals surface area (Å²) >= 11 is 3.82. The van der Waals surface area contributed by atoms with Gasteiger partial charge in [-0.2, -0.15) is 0 Å². The van der Waals surface area contributed by atoms with E-state index in [2.05, 4.69) is 172 Å². The lowest BCUT2D eigenvalue weighted by Crippen LogP contribution is -2.63. The van der Waals surface area contributed by atoms with Gasteiger partial charge in [-0.25, -0.2) is 0 Å². The molecule has 2 aliphatic rings. The zero-order valence-electron chi connectivity index (χ0n) is 30.7. The monoisotopic (exact) mass is 756 g/mol. The largest absolute Gasteiger partial charge is 0.135 e. The van der Waals surface area contributed by atoms with Crippen molar-refractivity contribution < 1.29 is 0 Å². The minimum absolute atomic E-state index is 1.34. The Kier molecular flexibility index (Phi) is 6.23. The molecule has 2 aromatic heterocycles. The second-order valence-electron chi connectivity index (χ2n) is 16.4. The van der Waals surface area contributed by atoms with Gasteiger partial charge in [0.05, 0.1) is 0 Å². The van der Waals surface area contributed by atoms with E-state index in [1.807, 2.05) is 22.7 Å². The van der Waals surface area contributed by atoms with Crippen LogP contribution in [0.2, 0.25) is 26.2 Å². The van der Waals surface area contributed by atoms with Crippen molar-refractivity contribution in [3.8, 4) is 44.5 Å². The van der Waals surface area contributed by atoms with E-state index in [0.29, 0.717) is 0 Å². The van der Waals surface area contributed by atoms with Gasteiger partial charge in [0.2, 0.25) is 0 Å². The fourth-order valence-electron chi connectivity index (χ4n) is 10.4. The SMILES string of the molecule is C[Si]1(C)c2cc(-c3cccc4sc5ccccc5c34)ccc2-c2c1c1c(c3ccccc23)-c2ccc(-c3cccc4sc5ccccc5c34)cc2[Si]1(C)C. The molecular formula is C50H36S2Si2. The molecule has 4 heterocycles. The smallest absolute Gasteiger partial charge is 0.113 e. The summed E-state index contributed by atoms with van der Waals surface area (Å²) in [6.45, 7) is 10.5. The van der Waals surface area contributed by atoms with Crippen LogP contribution in [0, 0.1) is 0 Å². The molecular weight excluding hydrogens is 721 g/mol. The van der Waals surface area contributed by atoms with Crippen molar-refractivity contribution in [3.05, 3.63) is 146 Å². The van der Waals surface area contributed by atoms with Crippen LogP contribution in [0.15, 0.2) is 146 Å². The summed E-state index contributed by atoms with van der Waals surface area (Å²) in [5.74, 6) is 0. The highest BCUT2D eigenvalue weighted by Crippen LogP contribution is 2.46. The van der Waals surface area contributed by atoms with Crippen LogP contribution in [0.4, 0.5) is 0 Å². The molecule has 0 saturated carbocycles. The highest BCUT2D eigenvalue weighted by Gasteiger charge is 2.49. The summed E-state index contributed by atoms with van der Waals surface area (Å²) < 4.78 is 5.46. The molecule has 0 amide bonds. The van der Waals surface area contributed by atoms with Crippen molar-refractivity contribution in [2.75, 3.05) is 0 Å². The van der Waals surface area contributed by atoms with Gasteiger partial charge in [0, 0.05) is 40.3 Å². The van der Waals surface area contributed by atoms with Gasteiger partial charge in [0.15, 0.2) is 0 Å². The zero-order valence-corrected chi connectivity index (χ0v) is 34.3. The average molecular weight is 757 g/mol. The summed E-state index contributed by atoms with van der Waals surface area (Å²) in [7, 11) is -4.30. The van der Waals surface area contributed by atoms with Crippen LogP contribution in [0.25, 0.3) is 95.6 Å². The molecule has 0 unspecified atom stereocenters. The number of hydrogen-bond donors (Lipinski definition) is 0. The van der Waals surface area contributed by atoms with E-state index in [1.165, 1.54) is 95.6 Å². The third kappa shape index (κ3) is 3.96.